The van der Waals surface area contributed by atoms with Crippen molar-refractivity contribution in [2.75, 3.05) is 59.0 Å². The number of ether oxygens (including phenoxy) is 1. The number of rotatable bonds is 14. The third kappa shape index (κ3) is 12.4. The SMILES string of the molecule is CCCCOCCNC(=O)CCCCN1CCN(CCC(C)C)CC1. The van der Waals surface area contributed by atoms with Gasteiger partial charge in [0.05, 0.1) is 6.61 Å². The fourth-order valence-electron chi connectivity index (χ4n) is 3.00. The number of piperazine rings is 1. The van der Waals surface area contributed by atoms with Crippen LogP contribution in [0.5, 0.6) is 0 Å². The molecule has 5 heteroatoms. The molecule has 5 nitrogen and oxygen atoms in total. The molecular formula is C20H41N3O2. The second kappa shape index (κ2) is 14.5. The van der Waals surface area contributed by atoms with E-state index in [9.17, 15) is 4.79 Å². The summed E-state index contributed by atoms with van der Waals surface area (Å²) in [4.78, 5) is 16.9. The molecule has 0 atom stereocenters. The van der Waals surface area contributed by atoms with E-state index in [0.29, 0.717) is 19.6 Å². The van der Waals surface area contributed by atoms with Gasteiger partial charge >= 0.3 is 0 Å². The second-order valence-corrected chi connectivity index (χ2v) is 7.64. The Balaban J connectivity index is 1.92. The third-order valence-corrected chi connectivity index (χ3v) is 4.83. The summed E-state index contributed by atoms with van der Waals surface area (Å²) in [6.45, 7) is 16.0. The van der Waals surface area contributed by atoms with Crippen molar-refractivity contribution in [2.24, 2.45) is 5.92 Å². The Hall–Kier alpha value is -0.650. The van der Waals surface area contributed by atoms with Crippen LogP contribution < -0.4 is 5.32 Å². The van der Waals surface area contributed by atoms with Crippen LogP contribution in [0.25, 0.3) is 0 Å². The Morgan fingerprint density at radius 1 is 1.00 bits per heavy atom. The summed E-state index contributed by atoms with van der Waals surface area (Å²) in [7, 11) is 0. The number of amides is 1. The lowest BCUT2D eigenvalue weighted by atomic mass is 10.1. The largest absolute Gasteiger partial charge is 0.380 e. The van der Waals surface area contributed by atoms with Gasteiger partial charge in [-0.3, -0.25) is 4.79 Å². The van der Waals surface area contributed by atoms with Gasteiger partial charge in [0.1, 0.15) is 0 Å². The van der Waals surface area contributed by atoms with Crippen molar-refractivity contribution in [3.05, 3.63) is 0 Å². The average Bonchev–Trinajstić information content (AvgIpc) is 2.61. The molecule has 1 saturated heterocycles. The van der Waals surface area contributed by atoms with Crippen molar-refractivity contribution in [1.82, 2.24) is 15.1 Å². The first-order valence-corrected chi connectivity index (χ1v) is 10.4. The van der Waals surface area contributed by atoms with Gasteiger partial charge in [0.2, 0.25) is 5.91 Å². The molecule has 0 aromatic rings. The smallest absolute Gasteiger partial charge is 0.220 e. The highest BCUT2D eigenvalue weighted by Crippen LogP contribution is 2.08. The van der Waals surface area contributed by atoms with Crippen LogP contribution in [0, 0.1) is 5.92 Å². The molecule has 1 N–H and O–H groups in total. The highest BCUT2D eigenvalue weighted by Gasteiger charge is 2.16. The van der Waals surface area contributed by atoms with Crippen molar-refractivity contribution < 1.29 is 9.53 Å². The molecule has 1 fully saturated rings. The molecule has 0 aromatic heterocycles. The van der Waals surface area contributed by atoms with Crippen LogP contribution in [-0.4, -0.2) is 74.7 Å². The summed E-state index contributed by atoms with van der Waals surface area (Å²) in [5.41, 5.74) is 0. The van der Waals surface area contributed by atoms with Gasteiger partial charge < -0.3 is 19.9 Å². The first kappa shape index (κ1) is 22.4. The predicted octanol–water partition coefficient (Wildman–Crippen LogP) is 2.75. The summed E-state index contributed by atoms with van der Waals surface area (Å²) in [6.07, 6.45) is 6.30. The minimum Gasteiger partial charge on any atom is -0.380 e. The van der Waals surface area contributed by atoms with Crippen molar-refractivity contribution in [3.8, 4) is 0 Å². The number of nitrogens with one attached hydrogen (secondary N) is 1. The Labute approximate surface area is 155 Å². The van der Waals surface area contributed by atoms with E-state index in [-0.39, 0.29) is 5.91 Å². The molecular weight excluding hydrogens is 314 g/mol. The molecule has 0 bridgehead atoms. The number of carbonyl (C=O) groups excluding carboxylic acids is 1. The molecule has 1 heterocycles. The van der Waals surface area contributed by atoms with Crippen molar-refractivity contribution >= 4 is 5.91 Å². The zero-order chi connectivity index (χ0) is 18.3. The first-order valence-electron chi connectivity index (χ1n) is 10.4. The average molecular weight is 356 g/mol. The van der Waals surface area contributed by atoms with Crippen LogP contribution in [0.15, 0.2) is 0 Å². The third-order valence-electron chi connectivity index (χ3n) is 4.83. The van der Waals surface area contributed by atoms with Crippen LogP contribution in [-0.2, 0) is 9.53 Å². The van der Waals surface area contributed by atoms with Gasteiger partial charge in [-0.2, -0.15) is 0 Å². The zero-order valence-electron chi connectivity index (χ0n) is 16.9. The molecule has 1 aliphatic heterocycles. The van der Waals surface area contributed by atoms with Crippen molar-refractivity contribution in [3.63, 3.8) is 0 Å². The first-order chi connectivity index (χ1) is 12.1. The summed E-state index contributed by atoms with van der Waals surface area (Å²) in [6, 6.07) is 0. The molecule has 1 rings (SSSR count). The fraction of sp³-hybridized carbons (Fsp3) is 0.950. The minimum absolute atomic E-state index is 0.164. The molecule has 0 aliphatic carbocycles. The molecule has 0 aromatic carbocycles. The van der Waals surface area contributed by atoms with Crippen LogP contribution in [0.4, 0.5) is 0 Å². The number of hydrogen-bond donors (Lipinski definition) is 1. The van der Waals surface area contributed by atoms with E-state index in [0.717, 1.165) is 44.8 Å². The van der Waals surface area contributed by atoms with Gasteiger partial charge in [-0.15, -0.1) is 0 Å². The summed E-state index contributed by atoms with van der Waals surface area (Å²) >= 11 is 0. The van der Waals surface area contributed by atoms with E-state index in [4.69, 9.17) is 4.74 Å². The topological polar surface area (TPSA) is 44.8 Å². The Morgan fingerprint density at radius 2 is 1.68 bits per heavy atom. The lowest BCUT2D eigenvalue weighted by molar-refractivity contribution is -0.121. The van der Waals surface area contributed by atoms with E-state index in [1.807, 2.05) is 0 Å². The van der Waals surface area contributed by atoms with Gasteiger partial charge in [-0.25, -0.2) is 0 Å². The lowest BCUT2D eigenvalue weighted by Crippen LogP contribution is -2.46. The Morgan fingerprint density at radius 3 is 2.32 bits per heavy atom. The highest BCUT2D eigenvalue weighted by atomic mass is 16.5. The standard InChI is InChI=1S/C20H41N3O2/c1-4-5-17-25-18-10-21-20(24)8-6-7-11-22-13-15-23(16-14-22)12-9-19(2)3/h19H,4-18H2,1-3H3,(H,21,24). The molecule has 0 unspecified atom stereocenters. The van der Waals surface area contributed by atoms with E-state index < -0.39 is 0 Å². The van der Waals surface area contributed by atoms with Crippen molar-refractivity contribution in [2.45, 2.75) is 59.3 Å². The van der Waals surface area contributed by atoms with Crippen LogP contribution in [0.2, 0.25) is 0 Å². The van der Waals surface area contributed by atoms with Gasteiger partial charge in [0, 0.05) is 45.8 Å². The van der Waals surface area contributed by atoms with Gasteiger partial charge in [-0.1, -0.05) is 27.2 Å². The number of unbranched alkanes of at least 4 members (excludes halogenated alkanes) is 2. The predicted molar refractivity (Wildman–Crippen MR) is 105 cm³/mol. The van der Waals surface area contributed by atoms with E-state index in [1.165, 1.54) is 39.1 Å². The Kier molecular flexibility index (Phi) is 13.0. The Bertz CT molecular complexity index is 329. The fourth-order valence-corrected chi connectivity index (χ4v) is 3.00. The van der Waals surface area contributed by atoms with E-state index in [2.05, 4.69) is 35.9 Å². The van der Waals surface area contributed by atoms with Crippen molar-refractivity contribution in [1.29, 1.82) is 0 Å². The monoisotopic (exact) mass is 355 g/mol. The quantitative estimate of drug-likeness (QED) is 0.487. The molecule has 0 radical (unpaired) electrons. The van der Waals surface area contributed by atoms with Crippen LogP contribution >= 0.6 is 0 Å². The summed E-state index contributed by atoms with van der Waals surface area (Å²) in [5.74, 6) is 0.963. The van der Waals surface area contributed by atoms with Gasteiger partial charge in [-0.05, 0) is 44.7 Å². The summed E-state index contributed by atoms with van der Waals surface area (Å²) < 4.78 is 5.44. The molecule has 0 saturated carbocycles. The molecule has 1 amide bonds. The molecule has 148 valence electrons. The molecule has 1 aliphatic rings. The molecule has 0 spiro atoms. The summed E-state index contributed by atoms with van der Waals surface area (Å²) in [5, 5.41) is 2.94. The number of carbonyl (C=O) groups is 1. The van der Waals surface area contributed by atoms with E-state index >= 15 is 0 Å². The maximum Gasteiger partial charge on any atom is 0.220 e. The normalized spacial score (nSPS) is 16.5. The van der Waals surface area contributed by atoms with E-state index in [1.54, 1.807) is 0 Å². The zero-order valence-corrected chi connectivity index (χ0v) is 16.9. The lowest BCUT2D eigenvalue weighted by Gasteiger charge is -2.35. The van der Waals surface area contributed by atoms with Gasteiger partial charge in [0.15, 0.2) is 0 Å². The van der Waals surface area contributed by atoms with Crippen LogP contribution in [0.1, 0.15) is 59.3 Å². The number of hydrogen-bond acceptors (Lipinski definition) is 4. The number of nitrogens with zero attached hydrogens (tertiary/aromatic N) is 2. The highest BCUT2D eigenvalue weighted by molar-refractivity contribution is 5.75. The van der Waals surface area contributed by atoms with Crippen LogP contribution in [0.3, 0.4) is 0 Å². The van der Waals surface area contributed by atoms with Gasteiger partial charge in [0.25, 0.3) is 0 Å². The molecule has 25 heavy (non-hydrogen) atoms. The minimum atomic E-state index is 0.164. The maximum absolute atomic E-state index is 11.8. The maximum atomic E-state index is 11.8. The second-order valence-electron chi connectivity index (χ2n) is 7.64.